The molecular weight excluding hydrogens is 318 g/mol. The van der Waals surface area contributed by atoms with E-state index in [0.717, 1.165) is 57.9 Å². The fraction of sp³-hybridized carbons (Fsp3) is 0.474. The van der Waals surface area contributed by atoms with Gasteiger partial charge in [-0.15, -0.1) is 0 Å². The largest absolute Gasteiger partial charge is 0.459 e. The highest BCUT2D eigenvalue weighted by molar-refractivity contribution is 5.91. The SMILES string of the molecule is O=C(c1ccco1)N1CCC2(CC1)COCCN(c1cccnc1)C2. The maximum absolute atomic E-state index is 12.5. The zero-order chi connectivity index (χ0) is 17.1. The highest BCUT2D eigenvalue weighted by Crippen LogP contribution is 2.36. The van der Waals surface area contributed by atoms with Crippen molar-refractivity contribution in [2.75, 3.05) is 44.3 Å². The number of likely N-dealkylation sites (tertiary alicyclic amines) is 1. The third kappa shape index (κ3) is 3.39. The minimum Gasteiger partial charge on any atom is -0.459 e. The Bertz CT molecular complexity index is 694. The van der Waals surface area contributed by atoms with Crippen LogP contribution in [0.2, 0.25) is 0 Å². The molecule has 0 bridgehead atoms. The van der Waals surface area contributed by atoms with Gasteiger partial charge in [0.1, 0.15) is 0 Å². The molecule has 0 N–H and O–H groups in total. The van der Waals surface area contributed by atoms with E-state index >= 15 is 0 Å². The molecule has 25 heavy (non-hydrogen) atoms. The molecule has 0 saturated carbocycles. The lowest BCUT2D eigenvalue weighted by molar-refractivity contribution is 0.0196. The topological polar surface area (TPSA) is 58.8 Å². The molecule has 4 rings (SSSR count). The predicted molar refractivity (Wildman–Crippen MR) is 93.5 cm³/mol. The van der Waals surface area contributed by atoms with E-state index in [1.807, 2.05) is 17.2 Å². The Kier molecular flexibility index (Phi) is 4.44. The Morgan fingerprint density at radius 2 is 2.04 bits per heavy atom. The Morgan fingerprint density at radius 3 is 2.76 bits per heavy atom. The van der Waals surface area contributed by atoms with E-state index in [9.17, 15) is 4.79 Å². The zero-order valence-electron chi connectivity index (χ0n) is 14.3. The number of piperidine rings is 1. The molecule has 2 fully saturated rings. The highest BCUT2D eigenvalue weighted by Gasteiger charge is 2.39. The first-order valence-electron chi connectivity index (χ1n) is 8.81. The molecule has 6 nitrogen and oxygen atoms in total. The van der Waals surface area contributed by atoms with E-state index in [1.165, 1.54) is 0 Å². The van der Waals surface area contributed by atoms with Crippen LogP contribution in [0.5, 0.6) is 0 Å². The molecule has 4 heterocycles. The normalized spacial score (nSPS) is 20.5. The van der Waals surface area contributed by atoms with Crippen LogP contribution in [0.4, 0.5) is 5.69 Å². The fourth-order valence-corrected chi connectivity index (χ4v) is 3.80. The van der Waals surface area contributed by atoms with Crippen molar-refractivity contribution in [3.05, 3.63) is 48.7 Å². The third-order valence-electron chi connectivity index (χ3n) is 5.29. The molecule has 2 aliphatic rings. The summed E-state index contributed by atoms with van der Waals surface area (Å²) in [5.74, 6) is 0.406. The van der Waals surface area contributed by atoms with Crippen molar-refractivity contribution < 1.29 is 13.9 Å². The van der Waals surface area contributed by atoms with Gasteiger partial charge in [-0.05, 0) is 37.1 Å². The number of carbonyl (C=O) groups is 1. The van der Waals surface area contributed by atoms with Crippen molar-refractivity contribution in [2.24, 2.45) is 5.41 Å². The highest BCUT2D eigenvalue weighted by atomic mass is 16.5. The van der Waals surface area contributed by atoms with Gasteiger partial charge in [0.25, 0.3) is 5.91 Å². The number of hydrogen-bond donors (Lipinski definition) is 0. The summed E-state index contributed by atoms with van der Waals surface area (Å²) < 4.78 is 11.2. The van der Waals surface area contributed by atoms with Crippen LogP contribution in [0.25, 0.3) is 0 Å². The van der Waals surface area contributed by atoms with Crippen LogP contribution in [0.3, 0.4) is 0 Å². The summed E-state index contributed by atoms with van der Waals surface area (Å²) in [4.78, 5) is 21.0. The van der Waals surface area contributed by atoms with Crippen LogP contribution in [0, 0.1) is 5.41 Å². The standard InChI is InChI=1S/C19H23N3O3/c23-18(17-4-2-11-25-17)21-8-5-19(6-9-21)14-22(10-12-24-15-19)16-3-1-7-20-13-16/h1-4,7,11,13H,5-6,8-10,12,14-15H2. The van der Waals surface area contributed by atoms with Crippen molar-refractivity contribution in [3.8, 4) is 0 Å². The maximum Gasteiger partial charge on any atom is 0.289 e. The van der Waals surface area contributed by atoms with Crippen LogP contribution in [0.1, 0.15) is 23.4 Å². The van der Waals surface area contributed by atoms with E-state index in [0.29, 0.717) is 5.76 Å². The molecule has 132 valence electrons. The first-order chi connectivity index (χ1) is 12.3. The van der Waals surface area contributed by atoms with Crippen molar-refractivity contribution in [1.29, 1.82) is 0 Å². The minimum absolute atomic E-state index is 0.0153. The lowest BCUT2D eigenvalue weighted by Gasteiger charge is -2.42. The van der Waals surface area contributed by atoms with Gasteiger partial charge < -0.3 is 19.0 Å². The van der Waals surface area contributed by atoms with Crippen molar-refractivity contribution in [2.45, 2.75) is 12.8 Å². The summed E-state index contributed by atoms with van der Waals surface area (Å²) in [6, 6.07) is 7.55. The van der Waals surface area contributed by atoms with Crippen molar-refractivity contribution in [1.82, 2.24) is 9.88 Å². The Hall–Kier alpha value is -2.34. The number of nitrogens with zero attached hydrogens (tertiary/aromatic N) is 3. The molecule has 0 unspecified atom stereocenters. The molecule has 1 amide bonds. The molecular formula is C19H23N3O3. The molecule has 6 heteroatoms. The Morgan fingerprint density at radius 1 is 1.16 bits per heavy atom. The molecule has 0 aromatic carbocycles. The van der Waals surface area contributed by atoms with Gasteiger partial charge in [0.05, 0.1) is 31.4 Å². The number of aromatic nitrogens is 1. The third-order valence-corrected chi connectivity index (χ3v) is 5.29. The predicted octanol–water partition coefficient (Wildman–Crippen LogP) is 2.43. The molecule has 1 spiro atoms. The summed E-state index contributed by atoms with van der Waals surface area (Å²) in [6.45, 7) is 4.79. The monoisotopic (exact) mass is 341 g/mol. The van der Waals surface area contributed by atoms with Gasteiger partial charge in [0, 0.05) is 37.8 Å². The van der Waals surface area contributed by atoms with Gasteiger partial charge in [-0.2, -0.15) is 0 Å². The number of amides is 1. The van der Waals surface area contributed by atoms with E-state index in [2.05, 4.69) is 16.0 Å². The molecule has 0 radical (unpaired) electrons. The van der Waals surface area contributed by atoms with Crippen LogP contribution in [-0.2, 0) is 4.74 Å². The Labute approximate surface area is 147 Å². The average molecular weight is 341 g/mol. The van der Waals surface area contributed by atoms with Gasteiger partial charge in [0.15, 0.2) is 5.76 Å². The van der Waals surface area contributed by atoms with E-state index in [4.69, 9.17) is 9.15 Å². The van der Waals surface area contributed by atoms with Gasteiger partial charge in [0.2, 0.25) is 0 Å². The summed E-state index contributed by atoms with van der Waals surface area (Å²) in [5, 5.41) is 0. The second-order valence-corrected chi connectivity index (χ2v) is 6.95. The number of rotatable bonds is 2. The second-order valence-electron chi connectivity index (χ2n) is 6.95. The number of furan rings is 1. The number of carbonyl (C=O) groups excluding carboxylic acids is 1. The number of pyridine rings is 1. The lowest BCUT2D eigenvalue weighted by atomic mass is 9.78. The first kappa shape index (κ1) is 16.1. The molecule has 2 aliphatic heterocycles. The molecule has 0 atom stereocenters. The van der Waals surface area contributed by atoms with Crippen LogP contribution in [0.15, 0.2) is 47.3 Å². The molecule has 2 aromatic heterocycles. The number of ether oxygens (including phenoxy) is 1. The van der Waals surface area contributed by atoms with E-state index < -0.39 is 0 Å². The summed E-state index contributed by atoms with van der Waals surface area (Å²) >= 11 is 0. The van der Waals surface area contributed by atoms with E-state index in [1.54, 1.807) is 24.6 Å². The summed E-state index contributed by atoms with van der Waals surface area (Å²) in [6.07, 6.45) is 7.14. The maximum atomic E-state index is 12.5. The van der Waals surface area contributed by atoms with Crippen LogP contribution < -0.4 is 4.90 Å². The smallest absolute Gasteiger partial charge is 0.289 e. The average Bonchev–Trinajstić information content (AvgIpc) is 3.12. The minimum atomic E-state index is -0.0153. The molecule has 0 aliphatic carbocycles. The van der Waals surface area contributed by atoms with Gasteiger partial charge in [-0.25, -0.2) is 0 Å². The fourth-order valence-electron chi connectivity index (χ4n) is 3.80. The summed E-state index contributed by atoms with van der Waals surface area (Å²) in [5.41, 5.74) is 1.23. The van der Waals surface area contributed by atoms with Gasteiger partial charge in [-0.3, -0.25) is 9.78 Å². The van der Waals surface area contributed by atoms with Crippen molar-refractivity contribution >= 4 is 11.6 Å². The second kappa shape index (κ2) is 6.88. The van der Waals surface area contributed by atoms with Crippen LogP contribution in [-0.4, -0.2) is 55.2 Å². The number of hydrogen-bond acceptors (Lipinski definition) is 5. The number of anilines is 1. The van der Waals surface area contributed by atoms with E-state index in [-0.39, 0.29) is 11.3 Å². The van der Waals surface area contributed by atoms with Crippen LogP contribution >= 0.6 is 0 Å². The molecule has 2 aromatic rings. The van der Waals surface area contributed by atoms with Gasteiger partial charge in [-0.1, -0.05) is 0 Å². The molecule has 2 saturated heterocycles. The Balaban J connectivity index is 1.44. The zero-order valence-corrected chi connectivity index (χ0v) is 14.3. The van der Waals surface area contributed by atoms with Gasteiger partial charge >= 0.3 is 0 Å². The summed E-state index contributed by atoms with van der Waals surface area (Å²) in [7, 11) is 0. The quantitative estimate of drug-likeness (QED) is 0.840. The van der Waals surface area contributed by atoms with Crippen molar-refractivity contribution in [3.63, 3.8) is 0 Å². The first-order valence-corrected chi connectivity index (χ1v) is 8.81. The lowest BCUT2D eigenvalue weighted by Crippen LogP contribution is -2.49.